The molecule has 0 saturated carbocycles. The number of allylic oxidation sites excluding steroid dienone is 1. The molecule has 0 N–H and O–H groups in total. The topological polar surface area (TPSA) is 88.1 Å². The van der Waals surface area contributed by atoms with E-state index in [0.717, 1.165) is 0 Å². The molecule has 0 bridgehead atoms. The van der Waals surface area contributed by atoms with E-state index < -0.39 is 30.4 Å². The SMILES string of the molecule is CO[C@H]1OC(C=O)=C[C@H](OC(C)=O)[C@H]1OC(C)=O. The molecule has 3 atom stereocenters. The molecule has 0 aromatic carbocycles. The second-order valence-electron chi connectivity index (χ2n) is 3.56. The number of aldehydes is 1. The van der Waals surface area contributed by atoms with Crippen LogP contribution < -0.4 is 0 Å². The first-order chi connectivity index (χ1) is 8.47. The molecule has 0 aromatic heterocycles. The minimum atomic E-state index is -1.01. The molecule has 0 fully saturated rings. The van der Waals surface area contributed by atoms with E-state index in [-0.39, 0.29) is 5.76 Å². The lowest BCUT2D eigenvalue weighted by molar-refractivity contribution is -0.214. The van der Waals surface area contributed by atoms with Crippen LogP contribution in [-0.4, -0.2) is 43.8 Å². The lowest BCUT2D eigenvalue weighted by atomic mass is 10.1. The second kappa shape index (κ2) is 6.15. The summed E-state index contributed by atoms with van der Waals surface area (Å²) in [6.45, 7) is 2.41. The summed E-state index contributed by atoms with van der Waals surface area (Å²) in [6.07, 6.45) is -1.18. The smallest absolute Gasteiger partial charge is 0.303 e. The zero-order valence-electron chi connectivity index (χ0n) is 10.2. The predicted molar refractivity (Wildman–Crippen MR) is 57.1 cm³/mol. The van der Waals surface area contributed by atoms with Crippen molar-refractivity contribution in [2.24, 2.45) is 0 Å². The van der Waals surface area contributed by atoms with Crippen molar-refractivity contribution in [2.45, 2.75) is 32.3 Å². The summed E-state index contributed by atoms with van der Waals surface area (Å²) in [5.74, 6) is -1.20. The molecule has 0 aromatic rings. The van der Waals surface area contributed by atoms with Gasteiger partial charge in [0.15, 0.2) is 18.1 Å². The number of methoxy groups -OCH3 is 1. The largest absolute Gasteiger partial charge is 0.457 e. The van der Waals surface area contributed by atoms with Gasteiger partial charge in [0, 0.05) is 27.0 Å². The minimum Gasteiger partial charge on any atom is -0.457 e. The number of hydrogen-bond acceptors (Lipinski definition) is 7. The third-order valence-electron chi connectivity index (χ3n) is 2.13. The Kier molecular flexibility index (Phi) is 4.85. The van der Waals surface area contributed by atoms with E-state index in [1.54, 1.807) is 0 Å². The molecule has 1 aliphatic heterocycles. The molecule has 0 radical (unpaired) electrons. The quantitative estimate of drug-likeness (QED) is 0.515. The van der Waals surface area contributed by atoms with Crippen molar-refractivity contribution in [3.63, 3.8) is 0 Å². The molecule has 1 aliphatic rings. The van der Waals surface area contributed by atoms with Crippen LogP contribution in [-0.2, 0) is 33.3 Å². The van der Waals surface area contributed by atoms with E-state index in [0.29, 0.717) is 6.29 Å². The summed E-state index contributed by atoms with van der Waals surface area (Å²) < 4.78 is 20.0. The summed E-state index contributed by atoms with van der Waals surface area (Å²) in [5, 5.41) is 0. The van der Waals surface area contributed by atoms with E-state index in [2.05, 4.69) is 0 Å². The molecule has 0 amide bonds. The van der Waals surface area contributed by atoms with Crippen LogP contribution in [0.25, 0.3) is 0 Å². The van der Waals surface area contributed by atoms with Crippen LogP contribution in [0.3, 0.4) is 0 Å². The van der Waals surface area contributed by atoms with Crippen LogP contribution in [0.4, 0.5) is 0 Å². The van der Waals surface area contributed by atoms with Gasteiger partial charge < -0.3 is 18.9 Å². The highest BCUT2D eigenvalue weighted by molar-refractivity contribution is 5.72. The number of hydrogen-bond donors (Lipinski definition) is 0. The number of ether oxygens (including phenoxy) is 4. The Labute approximate surface area is 104 Å². The zero-order valence-corrected chi connectivity index (χ0v) is 10.2. The first-order valence-electron chi connectivity index (χ1n) is 5.18. The van der Waals surface area contributed by atoms with Crippen molar-refractivity contribution in [3.05, 3.63) is 11.8 Å². The van der Waals surface area contributed by atoms with Crippen LogP contribution in [0, 0.1) is 0 Å². The maximum absolute atomic E-state index is 11.0. The summed E-state index contributed by atoms with van der Waals surface area (Å²) in [5.41, 5.74) is 0. The highest BCUT2D eigenvalue weighted by atomic mass is 16.7. The van der Waals surface area contributed by atoms with Gasteiger partial charge in [-0.1, -0.05) is 0 Å². The van der Waals surface area contributed by atoms with E-state index >= 15 is 0 Å². The van der Waals surface area contributed by atoms with Crippen LogP contribution >= 0.6 is 0 Å². The van der Waals surface area contributed by atoms with Crippen molar-refractivity contribution in [1.82, 2.24) is 0 Å². The van der Waals surface area contributed by atoms with Crippen molar-refractivity contribution < 1.29 is 33.3 Å². The van der Waals surface area contributed by atoms with Gasteiger partial charge in [-0.3, -0.25) is 14.4 Å². The highest BCUT2D eigenvalue weighted by Crippen LogP contribution is 2.23. The number of carbonyl (C=O) groups is 3. The standard InChI is InChI=1S/C11H14O7/c1-6(13)16-9-4-8(5-12)18-11(15-3)10(9)17-7(2)14/h4-5,9-11H,1-3H3/t9-,10+,11-/m0/s1. The third-order valence-corrected chi connectivity index (χ3v) is 2.13. The lowest BCUT2D eigenvalue weighted by Crippen LogP contribution is -2.47. The van der Waals surface area contributed by atoms with Gasteiger partial charge in [0.05, 0.1) is 0 Å². The van der Waals surface area contributed by atoms with Gasteiger partial charge in [0.25, 0.3) is 0 Å². The van der Waals surface area contributed by atoms with Crippen LogP contribution in [0.1, 0.15) is 13.8 Å². The molecule has 0 aliphatic carbocycles. The second-order valence-corrected chi connectivity index (χ2v) is 3.56. The molecular weight excluding hydrogens is 244 g/mol. The van der Waals surface area contributed by atoms with E-state index in [9.17, 15) is 14.4 Å². The van der Waals surface area contributed by atoms with Gasteiger partial charge in [-0.05, 0) is 0 Å². The third kappa shape index (κ3) is 3.56. The molecule has 1 heterocycles. The van der Waals surface area contributed by atoms with Crippen molar-refractivity contribution >= 4 is 18.2 Å². The van der Waals surface area contributed by atoms with Gasteiger partial charge in [0.2, 0.25) is 12.4 Å². The molecule has 18 heavy (non-hydrogen) atoms. The number of esters is 2. The fraction of sp³-hybridized carbons (Fsp3) is 0.545. The van der Waals surface area contributed by atoms with Crippen LogP contribution in [0.5, 0.6) is 0 Å². The first-order valence-corrected chi connectivity index (χ1v) is 5.18. The number of carbonyl (C=O) groups excluding carboxylic acids is 3. The van der Waals surface area contributed by atoms with Gasteiger partial charge in [-0.2, -0.15) is 0 Å². The van der Waals surface area contributed by atoms with Gasteiger partial charge in [-0.15, -0.1) is 0 Å². The maximum atomic E-state index is 11.0. The molecule has 7 heteroatoms. The Hall–Kier alpha value is -1.89. The Morgan fingerprint density at radius 2 is 1.89 bits per heavy atom. The normalized spacial score (nSPS) is 26.6. The minimum absolute atomic E-state index is 0.0449. The number of rotatable bonds is 4. The molecule has 0 spiro atoms. The van der Waals surface area contributed by atoms with Gasteiger partial charge in [0.1, 0.15) is 0 Å². The van der Waals surface area contributed by atoms with Crippen LogP contribution in [0.15, 0.2) is 11.8 Å². The lowest BCUT2D eigenvalue weighted by Gasteiger charge is -2.33. The highest BCUT2D eigenvalue weighted by Gasteiger charge is 2.39. The summed E-state index contributed by atoms with van der Waals surface area (Å²) in [4.78, 5) is 32.6. The van der Waals surface area contributed by atoms with E-state index in [1.165, 1.54) is 27.0 Å². The molecule has 7 nitrogen and oxygen atoms in total. The Morgan fingerprint density at radius 3 is 2.33 bits per heavy atom. The van der Waals surface area contributed by atoms with E-state index in [4.69, 9.17) is 18.9 Å². The van der Waals surface area contributed by atoms with E-state index in [1.807, 2.05) is 0 Å². The fourth-order valence-electron chi connectivity index (χ4n) is 1.51. The predicted octanol–water partition coefficient (Wildman–Crippen LogP) is -0.0647. The summed E-state index contributed by atoms with van der Waals surface area (Å²) in [6, 6.07) is 0. The Balaban J connectivity index is 2.97. The molecule has 1 rings (SSSR count). The average Bonchev–Trinajstić information content (AvgIpc) is 2.29. The van der Waals surface area contributed by atoms with Crippen LogP contribution in [0.2, 0.25) is 0 Å². The first kappa shape index (κ1) is 14.2. The Bertz CT molecular complexity index is 374. The molecular formula is C11H14O7. The van der Waals surface area contributed by atoms with Crippen molar-refractivity contribution in [2.75, 3.05) is 7.11 Å². The van der Waals surface area contributed by atoms with Crippen molar-refractivity contribution in [3.8, 4) is 0 Å². The average molecular weight is 258 g/mol. The Morgan fingerprint density at radius 1 is 1.28 bits per heavy atom. The zero-order chi connectivity index (χ0) is 13.7. The molecule has 0 unspecified atom stereocenters. The molecule has 100 valence electrons. The van der Waals surface area contributed by atoms with Gasteiger partial charge in [-0.25, -0.2) is 0 Å². The molecule has 0 saturated heterocycles. The summed E-state index contributed by atoms with van der Waals surface area (Å²) in [7, 11) is 1.32. The summed E-state index contributed by atoms with van der Waals surface area (Å²) >= 11 is 0. The monoisotopic (exact) mass is 258 g/mol. The van der Waals surface area contributed by atoms with Crippen molar-refractivity contribution in [1.29, 1.82) is 0 Å². The van der Waals surface area contributed by atoms with Gasteiger partial charge >= 0.3 is 11.9 Å². The maximum Gasteiger partial charge on any atom is 0.303 e. The fourth-order valence-corrected chi connectivity index (χ4v) is 1.51.